The number of carbonyl (C=O) groups excluding carboxylic acids is 1. The number of ether oxygens (including phenoxy) is 2. The molecule has 140 valence electrons. The fraction of sp³-hybridized carbons (Fsp3) is 0.278. The molecule has 2 aromatic carbocycles. The van der Waals surface area contributed by atoms with Gasteiger partial charge in [-0.15, -0.1) is 0 Å². The van der Waals surface area contributed by atoms with E-state index in [2.05, 4.69) is 5.32 Å². The summed E-state index contributed by atoms with van der Waals surface area (Å²) in [5.41, 5.74) is 0.444. The first-order valence-electron chi connectivity index (χ1n) is 7.96. The number of amides is 1. The fourth-order valence-electron chi connectivity index (χ4n) is 2.21. The number of sulfonamides is 1. The third kappa shape index (κ3) is 5.96. The first-order chi connectivity index (χ1) is 12.4. The first-order valence-corrected chi connectivity index (χ1v) is 9.81. The van der Waals surface area contributed by atoms with Crippen LogP contribution in [0.15, 0.2) is 54.6 Å². The van der Waals surface area contributed by atoms with Gasteiger partial charge < -0.3 is 14.8 Å². The van der Waals surface area contributed by atoms with Crippen molar-refractivity contribution in [2.45, 2.75) is 0 Å². The molecular formula is C18H22N2O5S. The number of benzene rings is 2. The Balaban J connectivity index is 1.82. The van der Waals surface area contributed by atoms with Gasteiger partial charge in [-0.05, 0) is 36.4 Å². The summed E-state index contributed by atoms with van der Waals surface area (Å²) in [4.78, 5) is 12.1. The van der Waals surface area contributed by atoms with E-state index in [1.807, 2.05) is 0 Å². The molecule has 0 spiro atoms. The second kappa shape index (κ2) is 9.10. The van der Waals surface area contributed by atoms with E-state index < -0.39 is 15.9 Å². The normalized spacial score (nSPS) is 10.8. The maximum Gasteiger partial charge on any atom is 0.240 e. The topological polar surface area (TPSA) is 84.9 Å². The number of hydrogen-bond donors (Lipinski definition) is 1. The van der Waals surface area contributed by atoms with E-state index in [1.165, 1.54) is 0 Å². The van der Waals surface area contributed by atoms with Gasteiger partial charge in [-0.3, -0.25) is 9.10 Å². The van der Waals surface area contributed by atoms with Gasteiger partial charge >= 0.3 is 0 Å². The van der Waals surface area contributed by atoms with E-state index in [9.17, 15) is 13.2 Å². The van der Waals surface area contributed by atoms with Gasteiger partial charge in [-0.25, -0.2) is 8.42 Å². The van der Waals surface area contributed by atoms with Crippen molar-refractivity contribution in [2.24, 2.45) is 0 Å². The maximum absolute atomic E-state index is 12.1. The zero-order valence-corrected chi connectivity index (χ0v) is 15.5. The number of nitrogens with one attached hydrogen (secondary N) is 1. The molecule has 0 unspecified atom stereocenters. The van der Waals surface area contributed by atoms with Crippen LogP contribution < -0.4 is 19.1 Å². The van der Waals surface area contributed by atoms with Crippen molar-refractivity contribution in [3.8, 4) is 11.5 Å². The fourth-order valence-corrected chi connectivity index (χ4v) is 3.07. The summed E-state index contributed by atoms with van der Waals surface area (Å²) in [6.45, 7) is 0.241. The lowest BCUT2D eigenvalue weighted by atomic mass is 10.3. The number of hydrogen-bond acceptors (Lipinski definition) is 5. The third-order valence-electron chi connectivity index (χ3n) is 3.48. The van der Waals surface area contributed by atoms with Gasteiger partial charge in [-0.2, -0.15) is 0 Å². The van der Waals surface area contributed by atoms with Crippen LogP contribution in [0.3, 0.4) is 0 Å². The lowest BCUT2D eigenvalue weighted by molar-refractivity contribution is -0.119. The van der Waals surface area contributed by atoms with Gasteiger partial charge in [-0.1, -0.05) is 18.2 Å². The molecule has 1 N–H and O–H groups in total. The van der Waals surface area contributed by atoms with Gasteiger partial charge in [0.2, 0.25) is 15.9 Å². The van der Waals surface area contributed by atoms with Crippen LogP contribution in [-0.2, 0) is 14.8 Å². The van der Waals surface area contributed by atoms with Gasteiger partial charge in [0.25, 0.3) is 0 Å². The molecule has 0 aliphatic rings. The molecule has 26 heavy (non-hydrogen) atoms. The monoisotopic (exact) mass is 378 g/mol. The van der Waals surface area contributed by atoms with E-state index in [1.54, 1.807) is 61.7 Å². The Morgan fingerprint density at radius 2 is 1.65 bits per heavy atom. The number of rotatable bonds is 9. The van der Waals surface area contributed by atoms with E-state index in [-0.39, 0.29) is 19.7 Å². The lowest BCUT2D eigenvalue weighted by Gasteiger charge is -2.21. The SMILES string of the molecule is COc1ccc(OCCNC(=O)CN(c2ccccc2)S(C)(=O)=O)cc1. The molecule has 0 fully saturated rings. The highest BCUT2D eigenvalue weighted by Gasteiger charge is 2.20. The minimum atomic E-state index is -3.56. The summed E-state index contributed by atoms with van der Waals surface area (Å²) in [7, 11) is -1.98. The van der Waals surface area contributed by atoms with Crippen LogP contribution in [0.25, 0.3) is 0 Å². The van der Waals surface area contributed by atoms with Crippen LogP contribution in [0.1, 0.15) is 0 Å². The maximum atomic E-state index is 12.1. The zero-order chi connectivity index (χ0) is 19.0. The van der Waals surface area contributed by atoms with Crippen molar-refractivity contribution in [2.75, 3.05) is 37.4 Å². The molecule has 0 bridgehead atoms. The van der Waals surface area contributed by atoms with Crippen molar-refractivity contribution in [3.05, 3.63) is 54.6 Å². The molecule has 2 rings (SSSR count). The summed E-state index contributed by atoms with van der Waals surface area (Å²) in [5.74, 6) is 0.979. The molecule has 7 nitrogen and oxygen atoms in total. The Morgan fingerprint density at radius 3 is 2.23 bits per heavy atom. The Kier molecular flexibility index (Phi) is 6.85. The standard InChI is InChI=1S/C18H22N2O5S/c1-24-16-8-10-17(11-9-16)25-13-12-19-18(21)14-20(26(2,22)23)15-6-4-3-5-7-15/h3-11H,12-14H2,1-2H3,(H,19,21). The Morgan fingerprint density at radius 1 is 1.04 bits per heavy atom. The largest absolute Gasteiger partial charge is 0.497 e. The number of anilines is 1. The van der Waals surface area contributed by atoms with Crippen molar-refractivity contribution < 1.29 is 22.7 Å². The summed E-state index contributed by atoms with van der Waals surface area (Å²) < 4.78 is 35.5. The summed E-state index contributed by atoms with van der Waals surface area (Å²) in [6, 6.07) is 15.6. The van der Waals surface area contributed by atoms with Crippen LogP contribution in [-0.4, -0.2) is 47.4 Å². The van der Waals surface area contributed by atoms with Gasteiger partial charge in [0.15, 0.2) is 0 Å². The Labute approximate surface area is 153 Å². The molecule has 0 atom stereocenters. The molecule has 0 aliphatic heterocycles. The first kappa shape index (κ1) is 19.6. The number of para-hydroxylation sites is 1. The van der Waals surface area contributed by atoms with Crippen LogP contribution >= 0.6 is 0 Å². The van der Waals surface area contributed by atoms with E-state index in [0.717, 1.165) is 16.3 Å². The van der Waals surface area contributed by atoms with Crippen LogP contribution in [0.2, 0.25) is 0 Å². The van der Waals surface area contributed by atoms with Crippen LogP contribution in [0, 0.1) is 0 Å². The number of carbonyl (C=O) groups is 1. The lowest BCUT2D eigenvalue weighted by Crippen LogP contribution is -2.41. The van der Waals surface area contributed by atoms with E-state index >= 15 is 0 Å². The average molecular weight is 378 g/mol. The molecule has 0 heterocycles. The minimum absolute atomic E-state index is 0.261. The number of methoxy groups -OCH3 is 1. The highest BCUT2D eigenvalue weighted by atomic mass is 32.2. The molecule has 0 saturated carbocycles. The molecule has 0 radical (unpaired) electrons. The Bertz CT molecular complexity index is 807. The quantitative estimate of drug-likeness (QED) is 0.671. The van der Waals surface area contributed by atoms with Gasteiger partial charge in [0.05, 0.1) is 25.6 Å². The van der Waals surface area contributed by atoms with E-state index in [4.69, 9.17) is 9.47 Å². The van der Waals surface area contributed by atoms with Crippen molar-refractivity contribution >= 4 is 21.6 Å². The minimum Gasteiger partial charge on any atom is -0.497 e. The van der Waals surface area contributed by atoms with Gasteiger partial charge in [0, 0.05) is 0 Å². The highest BCUT2D eigenvalue weighted by Crippen LogP contribution is 2.17. The molecule has 8 heteroatoms. The highest BCUT2D eigenvalue weighted by molar-refractivity contribution is 7.92. The molecule has 1 amide bonds. The summed E-state index contributed by atoms with van der Waals surface area (Å²) in [5, 5.41) is 2.65. The molecule has 2 aromatic rings. The average Bonchev–Trinajstić information content (AvgIpc) is 2.63. The van der Waals surface area contributed by atoms with E-state index in [0.29, 0.717) is 11.4 Å². The van der Waals surface area contributed by atoms with Crippen molar-refractivity contribution in [3.63, 3.8) is 0 Å². The number of nitrogens with zero attached hydrogens (tertiary/aromatic N) is 1. The smallest absolute Gasteiger partial charge is 0.240 e. The molecule has 0 aliphatic carbocycles. The molecule has 0 saturated heterocycles. The summed E-state index contributed by atoms with van der Waals surface area (Å²) in [6.07, 6.45) is 1.07. The second-order valence-electron chi connectivity index (χ2n) is 5.48. The third-order valence-corrected chi connectivity index (χ3v) is 4.62. The molecular weight excluding hydrogens is 356 g/mol. The van der Waals surface area contributed by atoms with Gasteiger partial charge in [0.1, 0.15) is 24.7 Å². The predicted molar refractivity (Wildman–Crippen MR) is 100 cm³/mol. The zero-order valence-electron chi connectivity index (χ0n) is 14.7. The Hall–Kier alpha value is -2.74. The second-order valence-corrected chi connectivity index (χ2v) is 7.39. The van der Waals surface area contributed by atoms with Crippen molar-refractivity contribution in [1.82, 2.24) is 5.32 Å². The van der Waals surface area contributed by atoms with Crippen molar-refractivity contribution in [1.29, 1.82) is 0 Å². The van der Waals surface area contributed by atoms with Crippen LogP contribution in [0.5, 0.6) is 11.5 Å². The van der Waals surface area contributed by atoms with Crippen LogP contribution in [0.4, 0.5) is 5.69 Å². The molecule has 0 aromatic heterocycles. The predicted octanol–water partition coefficient (Wildman–Crippen LogP) is 1.66. The summed E-state index contributed by atoms with van der Waals surface area (Å²) >= 11 is 0.